The van der Waals surface area contributed by atoms with Gasteiger partial charge in [-0.05, 0) is 36.0 Å². The predicted octanol–water partition coefficient (Wildman–Crippen LogP) is 2.99. The van der Waals surface area contributed by atoms with Gasteiger partial charge < -0.3 is 15.5 Å². The van der Waals surface area contributed by atoms with E-state index in [9.17, 15) is 14.4 Å². The van der Waals surface area contributed by atoms with Crippen LogP contribution in [0, 0.1) is 5.41 Å². The van der Waals surface area contributed by atoms with Crippen molar-refractivity contribution in [3.8, 4) is 0 Å². The van der Waals surface area contributed by atoms with Gasteiger partial charge >= 0.3 is 0 Å². The number of hydrogen-bond donors (Lipinski definition) is 1. The summed E-state index contributed by atoms with van der Waals surface area (Å²) in [6, 6.07) is 31.0. The van der Waals surface area contributed by atoms with Crippen LogP contribution in [0.4, 0.5) is 0 Å². The lowest BCUT2D eigenvalue weighted by Crippen LogP contribution is -2.65. The van der Waals surface area contributed by atoms with Crippen LogP contribution in [0.1, 0.15) is 36.0 Å². The largest absolute Gasteiger partial charge is 0.368 e. The molecule has 3 heterocycles. The van der Waals surface area contributed by atoms with E-state index >= 15 is 0 Å². The number of carbonyl (C=O) groups is 3. The van der Waals surface area contributed by atoms with Crippen molar-refractivity contribution in [1.82, 2.24) is 14.7 Å². The smallest absolute Gasteiger partial charge is 0.240 e. The highest BCUT2D eigenvalue weighted by molar-refractivity contribution is 5.91. The van der Waals surface area contributed by atoms with Gasteiger partial charge in [0.25, 0.3) is 0 Å². The highest BCUT2D eigenvalue weighted by atomic mass is 16.2. The summed E-state index contributed by atoms with van der Waals surface area (Å²) in [6.07, 6.45) is 2.04. The summed E-state index contributed by atoms with van der Waals surface area (Å²) in [6.45, 7) is 2.18. The molecule has 2 N–H and O–H groups in total. The Morgan fingerprint density at radius 3 is 1.77 bits per heavy atom. The second-order valence-corrected chi connectivity index (χ2v) is 11.0. The van der Waals surface area contributed by atoms with Gasteiger partial charge in [0.2, 0.25) is 17.7 Å². The molecule has 7 nitrogen and oxygen atoms in total. The van der Waals surface area contributed by atoms with Crippen molar-refractivity contribution < 1.29 is 14.4 Å². The molecule has 3 aliphatic heterocycles. The zero-order chi connectivity index (χ0) is 27.0. The van der Waals surface area contributed by atoms with Gasteiger partial charge in [-0.3, -0.25) is 19.3 Å². The molecule has 0 aromatic heterocycles. The van der Waals surface area contributed by atoms with E-state index in [1.165, 1.54) is 0 Å². The molecule has 3 fully saturated rings. The SMILES string of the molecule is NC(=O)CN1CC[C@@]2(CCN(C(=O)[C@H]3CCN3C(c3ccccc3)(c3ccccc3)c3ccccc3)C2)C1=O. The van der Waals surface area contributed by atoms with E-state index in [1.807, 2.05) is 23.1 Å². The molecule has 0 radical (unpaired) electrons. The normalized spacial score (nSPS) is 23.3. The number of carbonyl (C=O) groups excluding carboxylic acids is 3. The van der Waals surface area contributed by atoms with E-state index in [-0.39, 0.29) is 24.4 Å². The Labute approximate surface area is 229 Å². The molecule has 200 valence electrons. The van der Waals surface area contributed by atoms with Crippen LogP contribution in [0.5, 0.6) is 0 Å². The van der Waals surface area contributed by atoms with Crippen LogP contribution < -0.4 is 5.73 Å². The van der Waals surface area contributed by atoms with Crippen LogP contribution in [-0.4, -0.2) is 71.2 Å². The molecular weight excluding hydrogens is 488 g/mol. The average Bonchev–Trinajstić information content (AvgIpc) is 3.52. The monoisotopic (exact) mass is 522 g/mol. The van der Waals surface area contributed by atoms with Crippen molar-refractivity contribution in [2.45, 2.75) is 30.8 Å². The summed E-state index contributed by atoms with van der Waals surface area (Å²) in [5, 5.41) is 0. The van der Waals surface area contributed by atoms with Gasteiger partial charge in [-0.2, -0.15) is 0 Å². The number of benzene rings is 3. The first-order valence-corrected chi connectivity index (χ1v) is 13.8. The molecule has 2 atom stereocenters. The van der Waals surface area contributed by atoms with Crippen molar-refractivity contribution in [3.63, 3.8) is 0 Å². The molecule has 3 aromatic rings. The molecule has 3 aromatic carbocycles. The molecule has 3 aliphatic rings. The molecule has 39 heavy (non-hydrogen) atoms. The summed E-state index contributed by atoms with van der Waals surface area (Å²) < 4.78 is 0. The fourth-order valence-corrected chi connectivity index (χ4v) is 6.96. The molecule has 0 unspecified atom stereocenters. The van der Waals surface area contributed by atoms with Crippen molar-refractivity contribution in [2.24, 2.45) is 11.1 Å². The van der Waals surface area contributed by atoms with E-state index in [0.29, 0.717) is 32.5 Å². The maximum absolute atomic E-state index is 14.2. The van der Waals surface area contributed by atoms with Crippen LogP contribution in [0.15, 0.2) is 91.0 Å². The highest BCUT2D eigenvalue weighted by Crippen LogP contribution is 2.48. The highest BCUT2D eigenvalue weighted by Gasteiger charge is 2.56. The molecule has 0 bridgehead atoms. The van der Waals surface area contributed by atoms with Crippen molar-refractivity contribution in [2.75, 3.05) is 32.7 Å². The van der Waals surface area contributed by atoms with Gasteiger partial charge in [0.1, 0.15) is 0 Å². The first-order valence-electron chi connectivity index (χ1n) is 13.8. The Kier molecular flexibility index (Phi) is 6.47. The third-order valence-electron chi connectivity index (χ3n) is 8.92. The maximum Gasteiger partial charge on any atom is 0.240 e. The van der Waals surface area contributed by atoms with Gasteiger partial charge in [-0.15, -0.1) is 0 Å². The van der Waals surface area contributed by atoms with Gasteiger partial charge in [-0.25, -0.2) is 0 Å². The summed E-state index contributed by atoms with van der Waals surface area (Å²) >= 11 is 0. The minimum Gasteiger partial charge on any atom is -0.368 e. The third-order valence-corrected chi connectivity index (χ3v) is 8.92. The zero-order valence-electron chi connectivity index (χ0n) is 22.0. The summed E-state index contributed by atoms with van der Waals surface area (Å²) in [7, 11) is 0. The quantitative estimate of drug-likeness (QED) is 0.484. The first kappa shape index (κ1) is 25.3. The number of nitrogens with two attached hydrogens (primary N) is 1. The molecule has 6 rings (SSSR count). The standard InChI is InChI=1S/C32H34N4O3/c33-28(37)22-34-20-17-31(30(34)39)18-21-35(23-31)29(38)27-16-19-36(27)32(24-10-4-1-5-11-24,25-12-6-2-7-13-25)26-14-8-3-9-15-26/h1-15,27H,16-23H2,(H2,33,37)/t27-,31+/m1/s1. The lowest BCUT2D eigenvalue weighted by Gasteiger charge is -2.54. The van der Waals surface area contributed by atoms with E-state index in [0.717, 1.165) is 29.7 Å². The average molecular weight is 523 g/mol. The third kappa shape index (κ3) is 4.12. The number of amides is 3. The lowest BCUT2D eigenvalue weighted by atomic mass is 9.72. The lowest BCUT2D eigenvalue weighted by molar-refractivity contribution is -0.145. The molecule has 7 heteroatoms. The van der Waals surface area contributed by atoms with Gasteiger partial charge in [0.15, 0.2) is 0 Å². The van der Waals surface area contributed by atoms with E-state index in [1.54, 1.807) is 4.90 Å². The Balaban J connectivity index is 1.35. The topological polar surface area (TPSA) is 87.0 Å². The van der Waals surface area contributed by atoms with Crippen LogP contribution in [0.3, 0.4) is 0 Å². The summed E-state index contributed by atoms with van der Waals surface area (Å²) in [5.74, 6) is -0.476. The molecule has 0 saturated carbocycles. The van der Waals surface area contributed by atoms with Gasteiger partial charge in [-0.1, -0.05) is 91.0 Å². The summed E-state index contributed by atoms with van der Waals surface area (Å²) in [4.78, 5) is 44.6. The Morgan fingerprint density at radius 1 is 0.795 bits per heavy atom. The van der Waals surface area contributed by atoms with Crippen LogP contribution in [0.25, 0.3) is 0 Å². The number of hydrogen-bond acceptors (Lipinski definition) is 4. The minimum absolute atomic E-state index is 0.0470. The number of primary amides is 1. The second kappa shape index (κ2) is 9.97. The maximum atomic E-state index is 14.2. The van der Waals surface area contributed by atoms with E-state index < -0.39 is 16.9 Å². The van der Waals surface area contributed by atoms with E-state index in [4.69, 9.17) is 5.73 Å². The first-order chi connectivity index (χ1) is 19.0. The van der Waals surface area contributed by atoms with Crippen LogP contribution in [-0.2, 0) is 19.9 Å². The molecule has 0 aliphatic carbocycles. The summed E-state index contributed by atoms with van der Waals surface area (Å²) in [5.41, 5.74) is 7.47. The Hall–Kier alpha value is -3.97. The van der Waals surface area contributed by atoms with Crippen LogP contribution in [0.2, 0.25) is 0 Å². The molecule has 3 saturated heterocycles. The number of nitrogens with zero attached hydrogens (tertiary/aromatic N) is 3. The fourth-order valence-electron chi connectivity index (χ4n) is 6.96. The van der Waals surface area contributed by atoms with Gasteiger partial charge in [0, 0.05) is 26.2 Å². The number of rotatable bonds is 7. The molecular formula is C32H34N4O3. The Morgan fingerprint density at radius 2 is 1.31 bits per heavy atom. The fraction of sp³-hybridized carbons (Fsp3) is 0.344. The van der Waals surface area contributed by atoms with Gasteiger partial charge in [0.05, 0.1) is 23.5 Å². The molecule has 1 spiro atoms. The van der Waals surface area contributed by atoms with Crippen molar-refractivity contribution in [1.29, 1.82) is 0 Å². The van der Waals surface area contributed by atoms with Crippen molar-refractivity contribution >= 4 is 17.7 Å². The number of likely N-dealkylation sites (tertiary alicyclic amines) is 3. The minimum atomic E-state index is -0.638. The Bertz CT molecular complexity index is 1270. The van der Waals surface area contributed by atoms with Crippen molar-refractivity contribution in [3.05, 3.63) is 108 Å². The van der Waals surface area contributed by atoms with Crippen LogP contribution >= 0.6 is 0 Å². The zero-order valence-corrected chi connectivity index (χ0v) is 22.0. The van der Waals surface area contributed by atoms with E-state index in [2.05, 4.69) is 77.7 Å². The predicted molar refractivity (Wildman–Crippen MR) is 148 cm³/mol. The second-order valence-electron chi connectivity index (χ2n) is 11.0. The molecule has 3 amide bonds.